The van der Waals surface area contributed by atoms with Gasteiger partial charge in [0.15, 0.2) is 0 Å². The van der Waals surface area contributed by atoms with Crippen molar-refractivity contribution in [2.75, 3.05) is 7.11 Å². The van der Waals surface area contributed by atoms with E-state index in [1.807, 2.05) is 42.6 Å². The number of hydrogen-bond acceptors (Lipinski definition) is 4. The summed E-state index contributed by atoms with van der Waals surface area (Å²) in [5, 5.41) is 1.03. The number of ether oxygens (including phenoxy) is 1. The summed E-state index contributed by atoms with van der Waals surface area (Å²) < 4.78 is 6.94. The lowest BCUT2D eigenvalue weighted by molar-refractivity contribution is 0.414. The van der Waals surface area contributed by atoms with E-state index >= 15 is 0 Å². The summed E-state index contributed by atoms with van der Waals surface area (Å²) in [4.78, 5) is 21.7. The highest BCUT2D eigenvalue weighted by Gasteiger charge is 2.18. The van der Waals surface area contributed by atoms with E-state index < -0.39 is 0 Å². The van der Waals surface area contributed by atoms with Crippen LogP contribution in [0.3, 0.4) is 0 Å². The van der Waals surface area contributed by atoms with E-state index in [1.165, 1.54) is 0 Å². The van der Waals surface area contributed by atoms with Gasteiger partial charge in [-0.2, -0.15) is 0 Å². The molecule has 5 nitrogen and oxygen atoms in total. The van der Waals surface area contributed by atoms with Crippen LogP contribution in [0.4, 0.5) is 0 Å². The first-order valence-corrected chi connectivity index (χ1v) is 7.88. The molecule has 120 valence electrons. The van der Waals surface area contributed by atoms with E-state index in [-0.39, 0.29) is 5.56 Å². The lowest BCUT2D eigenvalue weighted by Crippen LogP contribution is -2.28. The van der Waals surface area contributed by atoms with Crippen LogP contribution < -0.4 is 10.3 Å². The lowest BCUT2D eigenvalue weighted by Gasteiger charge is -2.17. The van der Waals surface area contributed by atoms with Gasteiger partial charge in [-0.25, -0.2) is 4.98 Å². The average Bonchev–Trinajstić information content (AvgIpc) is 2.65. The average molecular weight is 319 g/mol. The molecule has 2 aromatic heterocycles. The second-order valence-electron chi connectivity index (χ2n) is 5.80. The molecule has 1 aliphatic rings. The monoisotopic (exact) mass is 319 g/mol. The van der Waals surface area contributed by atoms with E-state index in [4.69, 9.17) is 4.74 Å². The fourth-order valence-electron chi connectivity index (χ4n) is 3.17. The van der Waals surface area contributed by atoms with Crippen molar-refractivity contribution in [1.29, 1.82) is 0 Å². The number of benzene rings is 1. The molecule has 0 unspecified atom stereocenters. The Morgan fingerprint density at radius 2 is 2.00 bits per heavy atom. The highest BCUT2D eigenvalue weighted by atomic mass is 16.5. The molecular formula is C19H17N3O2. The third kappa shape index (κ3) is 2.38. The summed E-state index contributed by atoms with van der Waals surface area (Å²) in [6.45, 7) is 0.926. The molecule has 0 bridgehead atoms. The van der Waals surface area contributed by atoms with Gasteiger partial charge in [0.25, 0.3) is 5.56 Å². The van der Waals surface area contributed by atoms with Gasteiger partial charge in [-0.15, -0.1) is 0 Å². The van der Waals surface area contributed by atoms with Crippen LogP contribution in [-0.2, 0) is 19.5 Å². The smallest absolute Gasteiger partial charge is 0.257 e. The molecule has 0 radical (unpaired) electrons. The molecule has 0 atom stereocenters. The first-order chi connectivity index (χ1) is 11.8. The van der Waals surface area contributed by atoms with Gasteiger partial charge in [0.2, 0.25) is 0 Å². The fourth-order valence-corrected chi connectivity index (χ4v) is 3.17. The van der Waals surface area contributed by atoms with Gasteiger partial charge >= 0.3 is 0 Å². The number of aliphatic imine (C=N–C) groups is 1. The lowest BCUT2D eigenvalue weighted by atomic mass is 10.00. The van der Waals surface area contributed by atoms with Crippen LogP contribution >= 0.6 is 0 Å². The van der Waals surface area contributed by atoms with E-state index in [9.17, 15) is 4.79 Å². The topological polar surface area (TPSA) is 56.5 Å². The summed E-state index contributed by atoms with van der Waals surface area (Å²) in [5.74, 6) is 0.800. The minimum atomic E-state index is 0.00358. The van der Waals surface area contributed by atoms with Crippen LogP contribution in [0.5, 0.6) is 5.75 Å². The van der Waals surface area contributed by atoms with Crippen LogP contribution in [-0.4, -0.2) is 22.9 Å². The molecule has 0 aliphatic carbocycles. The molecule has 0 fully saturated rings. The number of fused-ring (bicyclic) bond motifs is 3. The Hall–Kier alpha value is -2.95. The van der Waals surface area contributed by atoms with Gasteiger partial charge in [-0.3, -0.25) is 14.4 Å². The number of nitrogens with zero attached hydrogens (tertiary/aromatic N) is 3. The molecule has 1 aromatic carbocycles. The van der Waals surface area contributed by atoms with E-state index in [0.717, 1.165) is 33.5 Å². The maximum Gasteiger partial charge on any atom is 0.257 e. The van der Waals surface area contributed by atoms with Crippen molar-refractivity contribution < 1.29 is 4.74 Å². The summed E-state index contributed by atoms with van der Waals surface area (Å²) >= 11 is 0. The predicted molar refractivity (Wildman–Crippen MR) is 94.0 cm³/mol. The molecule has 4 rings (SSSR count). The molecule has 0 amide bonds. The zero-order chi connectivity index (χ0) is 16.5. The standard InChI is InChI=1S/C19H17N3O2/c1-24-14-6-4-13(5-7-14)12-22-18-16(3-2-9-21-18)15-8-10-20-11-17(15)19(22)23/h2-7,9-10H,8,11-12H2,1H3. The fraction of sp³-hybridized carbons (Fsp3) is 0.211. The van der Waals surface area contributed by atoms with Gasteiger partial charge in [-0.05, 0) is 35.4 Å². The first-order valence-electron chi connectivity index (χ1n) is 7.88. The molecule has 0 saturated heterocycles. The Bertz CT molecular complexity index is 988. The van der Waals surface area contributed by atoms with Crippen molar-refractivity contribution in [3.05, 3.63) is 69.6 Å². The Balaban J connectivity index is 1.88. The van der Waals surface area contributed by atoms with Crippen LogP contribution in [0.1, 0.15) is 16.7 Å². The van der Waals surface area contributed by atoms with E-state index in [0.29, 0.717) is 19.5 Å². The van der Waals surface area contributed by atoms with Crippen molar-refractivity contribution >= 4 is 17.2 Å². The molecule has 24 heavy (non-hydrogen) atoms. The molecular weight excluding hydrogens is 302 g/mol. The third-order valence-electron chi connectivity index (χ3n) is 4.41. The van der Waals surface area contributed by atoms with E-state index in [2.05, 4.69) is 9.98 Å². The molecule has 1 aliphatic heterocycles. The second-order valence-corrected chi connectivity index (χ2v) is 5.80. The van der Waals surface area contributed by atoms with Crippen LogP contribution in [0.2, 0.25) is 0 Å². The Kier molecular flexibility index (Phi) is 3.61. The van der Waals surface area contributed by atoms with Gasteiger partial charge in [-0.1, -0.05) is 12.1 Å². The molecule has 3 aromatic rings. The third-order valence-corrected chi connectivity index (χ3v) is 4.41. The minimum Gasteiger partial charge on any atom is -0.497 e. The van der Waals surface area contributed by atoms with Crippen molar-refractivity contribution in [2.45, 2.75) is 19.5 Å². The van der Waals surface area contributed by atoms with Crippen LogP contribution in [0.25, 0.3) is 11.0 Å². The number of pyridine rings is 2. The number of methoxy groups -OCH3 is 1. The second kappa shape index (κ2) is 5.92. The summed E-state index contributed by atoms with van der Waals surface area (Å²) in [7, 11) is 1.64. The number of hydrogen-bond donors (Lipinski definition) is 0. The van der Waals surface area contributed by atoms with Crippen molar-refractivity contribution in [3.8, 4) is 5.75 Å². The zero-order valence-corrected chi connectivity index (χ0v) is 13.4. The van der Waals surface area contributed by atoms with Crippen molar-refractivity contribution in [3.63, 3.8) is 0 Å². The molecule has 0 spiro atoms. The van der Waals surface area contributed by atoms with Crippen molar-refractivity contribution in [1.82, 2.24) is 9.55 Å². The van der Waals surface area contributed by atoms with E-state index in [1.54, 1.807) is 17.9 Å². The van der Waals surface area contributed by atoms with Gasteiger partial charge in [0.1, 0.15) is 11.4 Å². The number of aromatic nitrogens is 2. The summed E-state index contributed by atoms with van der Waals surface area (Å²) in [5.41, 5.74) is 3.61. The predicted octanol–water partition coefficient (Wildman–Crippen LogP) is 2.58. The first kappa shape index (κ1) is 14.6. The quantitative estimate of drug-likeness (QED) is 0.745. The van der Waals surface area contributed by atoms with Crippen molar-refractivity contribution in [2.24, 2.45) is 4.99 Å². The molecule has 0 N–H and O–H groups in total. The Morgan fingerprint density at radius 3 is 2.79 bits per heavy atom. The highest BCUT2D eigenvalue weighted by molar-refractivity contribution is 5.84. The maximum atomic E-state index is 13.0. The molecule has 3 heterocycles. The summed E-state index contributed by atoms with van der Waals surface area (Å²) in [6, 6.07) is 11.7. The van der Waals surface area contributed by atoms with Gasteiger partial charge in [0, 0.05) is 29.8 Å². The number of rotatable bonds is 3. The minimum absolute atomic E-state index is 0.00358. The van der Waals surface area contributed by atoms with Gasteiger partial charge < -0.3 is 4.74 Å². The summed E-state index contributed by atoms with van der Waals surface area (Å²) in [6.07, 6.45) is 4.30. The normalized spacial score (nSPS) is 13.0. The zero-order valence-electron chi connectivity index (χ0n) is 13.4. The SMILES string of the molecule is COc1ccc(Cn2c(=O)c3c(c4cccnc42)CC=NC3)cc1. The molecule has 5 heteroatoms. The largest absolute Gasteiger partial charge is 0.497 e. The Labute approximate surface area is 139 Å². The highest BCUT2D eigenvalue weighted by Crippen LogP contribution is 2.22. The van der Waals surface area contributed by atoms with Gasteiger partial charge in [0.05, 0.1) is 20.2 Å². The van der Waals surface area contributed by atoms with Crippen LogP contribution in [0, 0.1) is 0 Å². The molecule has 0 saturated carbocycles. The maximum absolute atomic E-state index is 13.0. The Morgan fingerprint density at radius 1 is 1.17 bits per heavy atom. The van der Waals surface area contributed by atoms with Crippen LogP contribution in [0.15, 0.2) is 52.4 Å².